The Hall–Kier alpha value is -2.40. The summed E-state index contributed by atoms with van der Waals surface area (Å²) >= 11 is 1.49. The van der Waals surface area contributed by atoms with Crippen molar-refractivity contribution in [2.45, 2.75) is 12.8 Å². The van der Waals surface area contributed by atoms with Gasteiger partial charge in [0.2, 0.25) is 0 Å². The molecule has 0 N–H and O–H groups in total. The van der Waals surface area contributed by atoms with Crippen molar-refractivity contribution in [2.75, 3.05) is 11.4 Å². The zero-order chi connectivity index (χ0) is 14.9. The van der Waals surface area contributed by atoms with Crippen LogP contribution in [-0.2, 0) is 6.42 Å². The maximum atomic E-state index is 12.8. The monoisotopic (exact) mass is 309 g/mol. The molecule has 0 aliphatic carbocycles. The van der Waals surface area contributed by atoms with Crippen LogP contribution in [0.15, 0.2) is 54.2 Å². The highest BCUT2D eigenvalue weighted by Gasteiger charge is 2.25. The summed E-state index contributed by atoms with van der Waals surface area (Å²) in [5, 5.41) is 2.66. The third-order valence-corrected chi connectivity index (χ3v) is 4.75. The number of amides is 1. The number of carbonyl (C=O) groups excluding carboxylic acids is 1. The van der Waals surface area contributed by atoms with E-state index in [4.69, 9.17) is 0 Å². The molecular formula is C17H15N3OS. The summed E-state index contributed by atoms with van der Waals surface area (Å²) in [6.45, 7) is 0.756. The Bertz CT molecular complexity index is 807. The Morgan fingerprint density at radius 2 is 1.95 bits per heavy atom. The second-order valence-corrected chi connectivity index (χ2v) is 6.13. The summed E-state index contributed by atoms with van der Waals surface area (Å²) < 4.78 is 1.92. The van der Waals surface area contributed by atoms with Gasteiger partial charge in [0.15, 0.2) is 5.13 Å². The van der Waals surface area contributed by atoms with Crippen LogP contribution in [0.5, 0.6) is 0 Å². The molecular weight excluding hydrogens is 294 g/mol. The lowest BCUT2D eigenvalue weighted by Gasteiger charge is -2.28. The van der Waals surface area contributed by atoms with Crippen LogP contribution in [0.1, 0.15) is 22.5 Å². The molecule has 110 valence electrons. The first kappa shape index (κ1) is 13.3. The average Bonchev–Trinajstić information content (AvgIpc) is 3.24. The molecule has 4 rings (SSSR count). The van der Waals surface area contributed by atoms with Crippen molar-refractivity contribution in [2.24, 2.45) is 0 Å². The van der Waals surface area contributed by atoms with Crippen LogP contribution < -0.4 is 4.90 Å². The molecule has 0 atom stereocenters. The average molecular weight is 309 g/mol. The van der Waals surface area contributed by atoms with E-state index in [0.29, 0.717) is 5.69 Å². The summed E-state index contributed by atoms with van der Waals surface area (Å²) in [6, 6.07) is 12.0. The van der Waals surface area contributed by atoms with E-state index in [2.05, 4.69) is 11.1 Å². The molecule has 0 radical (unpaired) electrons. The molecule has 1 aliphatic rings. The number of benzene rings is 1. The zero-order valence-electron chi connectivity index (χ0n) is 12.0. The van der Waals surface area contributed by atoms with Gasteiger partial charge in [-0.15, -0.1) is 11.3 Å². The van der Waals surface area contributed by atoms with E-state index in [1.54, 1.807) is 0 Å². The number of rotatable bonds is 2. The quantitative estimate of drug-likeness (QED) is 0.726. The smallest absolute Gasteiger partial charge is 0.277 e. The first-order valence-corrected chi connectivity index (χ1v) is 8.19. The number of carbonyl (C=O) groups is 1. The van der Waals surface area contributed by atoms with Crippen molar-refractivity contribution in [3.8, 4) is 5.13 Å². The standard InChI is InChI=1S/C17H15N3OS/c21-16(14-12-22-17(18-14)19-9-3-4-10-19)20-11-5-7-13-6-1-2-8-15(13)20/h1-4,6,8-10,12H,5,7,11H2. The van der Waals surface area contributed by atoms with E-state index in [1.807, 2.05) is 57.6 Å². The minimum absolute atomic E-state index is 0.0122. The summed E-state index contributed by atoms with van der Waals surface area (Å²) in [6.07, 6.45) is 5.90. The molecule has 1 aromatic carbocycles. The molecule has 0 bridgehead atoms. The number of thiazole rings is 1. The van der Waals surface area contributed by atoms with Gasteiger partial charge in [0.25, 0.3) is 5.91 Å². The van der Waals surface area contributed by atoms with Crippen molar-refractivity contribution < 1.29 is 4.79 Å². The van der Waals surface area contributed by atoms with Crippen LogP contribution in [0, 0.1) is 0 Å². The fraction of sp³-hybridized carbons (Fsp3) is 0.176. The molecule has 0 fully saturated rings. The van der Waals surface area contributed by atoms with E-state index in [9.17, 15) is 4.79 Å². The van der Waals surface area contributed by atoms with Crippen LogP contribution >= 0.6 is 11.3 Å². The van der Waals surface area contributed by atoms with E-state index >= 15 is 0 Å². The third kappa shape index (κ3) is 2.23. The Morgan fingerprint density at radius 3 is 2.82 bits per heavy atom. The summed E-state index contributed by atoms with van der Waals surface area (Å²) in [4.78, 5) is 19.2. The predicted molar refractivity (Wildman–Crippen MR) is 87.9 cm³/mol. The molecule has 5 heteroatoms. The van der Waals surface area contributed by atoms with Gasteiger partial charge in [-0.1, -0.05) is 18.2 Å². The number of hydrogen-bond acceptors (Lipinski definition) is 3. The third-order valence-electron chi connectivity index (χ3n) is 3.89. The lowest BCUT2D eigenvalue weighted by atomic mass is 10.0. The zero-order valence-corrected chi connectivity index (χ0v) is 12.8. The Labute approximate surface area is 132 Å². The largest absolute Gasteiger partial charge is 0.307 e. The van der Waals surface area contributed by atoms with Gasteiger partial charge in [-0.3, -0.25) is 4.79 Å². The Balaban J connectivity index is 1.66. The summed E-state index contributed by atoms with van der Waals surface area (Å²) in [5.74, 6) is -0.0122. The Morgan fingerprint density at radius 1 is 1.14 bits per heavy atom. The molecule has 0 spiro atoms. The molecule has 4 nitrogen and oxygen atoms in total. The van der Waals surface area contributed by atoms with Gasteiger partial charge in [0.1, 0.15) is 5.69 Å². The van der Waals surface area contributed by atoms with Gasteiger partial charge in [-0.05, 0) is 36.6 Å². The van der Waals surface area contributed by atoms with Gasteiger partial charge in [-0.25, -0.2) is 4.98 Å². The van der Waals surface area contributed by atoms with Gasteiger partial charge in [-0.2, -0.15) is 0 Å². The van der Waals surface area contributed by atoms with E-state index in [1.165, 1.54) is 16.9 Å². The van der Waals surface area contributed by atoms with Crippen molar-refractivity contribution >= 4 is 22.9 Å². The van der Waals surface area contributed by atoms with Crippen LogP contribution in [0.4, 0.5) is 5.69 Å². The highest BCUT2D eigenvalue weighted by Crippen LogP contribution is 2.28. The molecule has 3 heterocycles. The lowest BCUT2D eigenvalue weighted by Crippen LogP contribution is -2.35. The van der Waals surface area contributed by atoms with Gasteiger partial charge in [0.05, 0.1) is 0 Å². The topological polar surface area (TPSA) is 38.1 Å². The van der Waals surface area contributed by atoms with E-state index in [0.717, 1.165) is 30.2 Å². The number of fused-ring (bicyclic) bond motifs is 1. The van der Waals surface area contributed by atoms with Crippen LogP contribution in [-0.4, -0.2) is 22.0 Å². The van der Waals surface area contributed by atoms with Crippen molar-refractivity contribution in [3.05, 3.63) is 65.4 Å². The molecule has 1 amide bonds. The fourth-order valence-electron chi connectivity index (χ4n) is 2.83. The van der Waals surface area contributed by atoms with Crippen molar-refractivity contribution in [3.63, 3.8) is 0 Å². The van der Waals surface area contributed by atoms with Gasteiger partial charge in [0, 0.05) is 30.0 Å². The molecule has 22 heavy (non-hydrogen) atoms. The first-order valence-electron chi connectivity index (χ1n) is 7.31. The van der Waals surface area contributed by atoms with Crippen molar-refractivity contribution in [1.82, 2.24) is 9.55 Å². The number of nitrogens with zero attached hydrogens (tertiary/aromatic N) is 3. The maximum Gasteiger partial charge on any atom is 0.277 e. The van der Waals surface area contributed by atoms with Crippen LogP contribution in [0.2, 0.25) is 0 Å². The summed E-state index contributed by atoms with van der Waals surface area (Å²) in [7, 11) is 0. The number of hydrogen-bond donors (Lipinski definition) is 0. The normalized spacial score (nSPS) is 13.9. The van der Waals surface area contributed by atoms with Crippen LogP contribution in [0.25, 0.3) is 5.13 Å². The van der Waals surface area contributed by atoms with Gasteiger partial charge < -0.3 is 9.47 Å². The maximum absolute atomic E-state index is 12.8. The summed E-state index contributed by atoms with van der Waals surface area (Å²) in [5.41, 5.74) is 2.78. The molecule has 1 aliphatic heterocycles. The minimum atomic E-state index is -0.0122. The molecule has 2 aromatic heterocycles. The lowest BCUT2D eigenvalue weighted by molar-refractivity contribution is 0.0981. The SMILES string of the molecule is O=C(c1csc(-n2cccc2)n1)N1CCCc2ccccc21. The van der Waals surface area contributed by atoms with E-state index in [-0.39, 0.29) is 5.91 Å². The molecule has 0 saturated carbocycles. The Kier molecular flexibility index (Phi) is 3.27. The fourth-order valence-corrected chi connectivity index (χ4v) is 3.59. The first-order chi connectivity index (χ1) is 10.8. The van der Waals surface area contributed by atoms with E-state index < -0.39 is 0 Å². The number of aromatic nitrogens is 2. The highest BCUT2D eigenvalue weighted by molar-refractivity contribution is 7.12. The molecule has 0 unspecified atom stereocenters. The number of anilines is 1. The van der Waals surface area contributed by atoms with Crippen LogP contribution in [0.3, 0.4) is 0 Å². The van der Waals surface area contributed by atoms with Gasteiger partial charge >= 0.3 is 0 Å². The highest BCUT2D eigenvalue weighted by atomic mass is 32.1. The molecule has 0 saturated heterocycles. The van der Waals surface area contributed by atoms with Crippen molar-refractivity contribution in [1.29, 1.82) is 0 Å². The minimum Gasteiger partial charge on any atom is -0.307 e. The predicted octanol–water partition coefficient (Wildman–Crippen LogP) is 3.53. The number of para-hydroxylation sites is 1. The number of aryl methyl sites for hydroxylation is 1. The second-order valence-electron chi connectivity index (χ2n) is 5.29. The molecule has 3 aromatic rings. The second kappa shape index (κ2) is 5.42.